The van der Waals surface area contributed by atoms with E-state index in [1.54, 1.807) is 6.21 Å². The van der Waals surface area contributed by atoms with Crippen molar-refractivity contribution in [1.29, 1.82) is 5.26 Å². The van der Waals surface area contributed by atoms with E-state index in [0.717, 1.165) is 27.6 Å². The van der Waals surface area contributed by atoms with Crippen molar-refractivity contribution in [2.75, 3.05) is 0 Å². The minimum atomic E-state index is 0.398. The summed E-state index contributed by atoms with van der Waals surface area (Å²) >= 11 is 5.93. The number of hydrogen-bond donors (Lipinski definition) is 1. The Labute approximate surface area is 161 Å². The minimum Gasteiger partial charge on any atom is -0.279 e. The molecule has 1 N–H and O–H groups in total. The van der Waals surface area contributed by atoms with Gasteiger partial charge in [-0.2, -0.15) is 10.4 Å². The number of nitrogens with one attached hydrogen (secondary N) is 1. The fourth-order valence-electron chi connectivity index (χ4n) is 3.01. The molecule has 4 rings (SSSR count). The lowest BCUT2D eigenvalue weighted by molar-refractivity contribution is 0.993. The molecule has 0 saturated carbocycles. The molecule has 0 aliphatic carbocycles. The maximum Gasteiger partial charge on any atom is 0.191 e. The van der Waals surface area contributed by atoms with E-state index in [0.29, 0.717) is 22.8 Å². The maximum atomic E-state index is 9.57. The highest BCUT2D eigenvalue weighted by molar-refractivity contribution is 6.30. The average Bonchev–Trinajstić information content (AvgIpc) is 3.09. The molecule has 0 aliphatic heterocycles. The van der Waals surface area contributed by atoms with Gasteiger partial charge in [-0.1, -0.05) is 66.2 Å². The molecular formula is C22H15ClN4. The highest BCUT2D eigenvalue weighted by Crippen LogP contribution is 2.23. The Kier molecular flexibility index (Phi) is 4.69. The van der Waals surface area contributed by atoms with Crippen LogP contribution in [0.5, 0.6) is 0 Å². The van der Waals surface area contributed by atoms with Crippen molar-refractivity contribution >= 4 is 34.4 Å². The summed E-state index contributed by atoms with van der Waals surface area (Å²) in [5.74, 6) is 0.398. The molecule has 4 nitrogen and oxygen atoms in total. The van der Waals surface area contributed by atoms with Gasteiger partial charge in [0, 0.05) is 23.2 Å². The van der Waals surface area contributed by atoms with Crippen LogP contribution in [-0.4, -0.2) is 16.4 Å². The molecule has 0 spiro atoms. The normalized spacial score (nSPS) is 11.1. The summed E-state index contributed by atoms with van der Waals surface area (Å²) in [5, 5.41) is 19.7. The van der Waals surface area contributed by atoms with Crippen LogP contribution in [0.25, 0.3) is 10.8 Å². The lowest BCUT2D eigenvalue weighted by atomic mass is 10.1. The lowest BCUT2D eigenvalue weighted by Crippen LogP contribution is -1.91. The van der Waals surface area contributed by atoms with E-state index in [1.165, 1.54) is 0 Å². The first-order chi connectivity index (χ1) is 13.2. The van der Waals surface area contributed by atoms with E-state index in [9.17, 15) is 5.26 Å². The van der Waals surface area contributed by atoms with Gasteiger partial charge in [-0.25, -0.2) is 4.99 Å². The second-order valence-corrected chi connectivity index (χ2v) is 6.58. The van der Waals surface area contributed by atoms with E-state index in [1.807, 2.05) is 48.5 Å². The molecule has 4 aromatic rings. The molecule has 0 saturated heterocycles. The zero-order chi connectivity index (χ0) is 18.6. The van der Waals surface area contributed by atoms with Crippen LogP contribution >= 0.6 is 11.6 Å². The van der Waals surface area contributed by atoms with Crippen molar-refractivity contribution in [1.82, 2.24) is 10.2 Å². The number of hydrogen-bond acceptors (Lipinski definition) is 3. The molecule has 5 heteroatoms. The number of aliphatic imine (C=N–C) groups is 1. The predicted molar refractivity (Wildman–Crippen MR) is 109 cm³/mol. The minimum absolute atomic E-state index is 0.398. The molecule has 0 unspecified atom stereocenters. The number of aromatic nitrogens is 2. The van der Waals surface area contributed by atoms with E-state index in [-0.39, 0.29) is 0 Å². The van der Waals surface area contributed by atoms with Crippen LogP contribution in [0.4, 0.5) is 5.82 Å². The quantitative estimate of drug-likeness (QED) is 0.487. The third-order valence-corrected chi connectivity index (χ3v) is 4.63. The zero-order valence-electron chi connectivity index (χ0n) is 14.4. The molecule has 3 aromatic carbocycles. The molecule has 0 bridgehead atoms. The molecule has 27 heavy (non-hydrogen) atoms. The van der Waals surface area contributed by atoms with Crippen LogP contribution in [0, 0.1) is 11.3 Å². The largest absolute Gasteiger partial charge is 0.279 e. The smallest absolute Gasteiger partial charge is 0.191 e. The first kappa shape index (κ1) is 17.0. The highest BCUT2D eigenvalue weighted by Gasteiger charge is 2.12. The summed E-state index contributed by atoms with van der Waals surface area (Å²) in [7, 11) is 0. The Balaban J connectivity index is 1.64. The maximum absolute atomic E-state index is 9.57. The van der Waals surface area contributed by atoms with Crippen molar-refractivity contribution in [3.05, 3.63) is 94.1 Å². The molecule has 0 aliphatic rings. The molecule has 130 valence electrons. The summed E-state index contributed by atoms with van der Waals surface area (Å²) in [6.45, 7) is 0. The summed E-state index contributed by atoms with van der Waals surface area (Å²) in [5.41, 5.74) is 3.23. The number of H-pyrrole nitrogens is 1. The van der Waals surface area contributed by atoms with Crippen molar-refractivity contribution in [3.63, 3.8) is 0 Å². The third kappa shape index (κ3) is 3.59. The van der Waals surface area contributed by atoms with Crippen molar-refractivity contribution in [2.24, 2.45) is 4.99 Å². The zero-order valence-corrected chi connectivity index (χ0v) is 15.1. The molecule has 0 fully saturated rings. The van der Waals surface area contributed by atoms with Crippen LogP contribution in [-0.2, 0) is 6.42 Å². The van der Waals surface area contributed by atoms with Crippen molar-refractivity contribution in [3.8, 4) is 6.07 Å². The molecule has 1 aromatic heterocycles. The Hall–Kier alpha value is -3.42. The van der Waals surface area contributed by atoms with E-state index in [4.69, 9.17) is 11.6 Å². The fourth-order valence-corrected chi connectivity index (χ4v) is 3.13. The number of fused-ring (bicyclic) bond motifs is 1. The number of nitrogens with zero attached hydrogens (tertiary/aromatic N) is 3. The van der Waals surface area contributed by atoms with Gasteiger partial charge >= 0.3 is 0 Å². The number of aromatic amines is 1. The second kappa shape index (κ2) is 7.45. The van der Waals surface area contributed by atoms with Gasteiger partial charge in [0.2, 0.25) is 0 Å². The molecule has 0 amide bonds. The van der Waals surface area contributed by atoms with Crippen LogP contribution < -0.4 is 0 Å². The number of rotatable bonds is 4. The van der Waals surface area contributed by atoms with Gasteiger partial charge in [-0.3, -0.25) is 5.10 Å². The standard InChI is InChI=1S/C22H15ClN4/c23-18-10-8-15(9-11-18)12-21-20(13-24)22(27-26-21)25-14-17-6-3-5-16-4-1-2-7-19(16)17/h1-11,14H,12H2,(H,26,27). The topological polar surface area (TPSA) is 64.8 Å². The summed E-state index contributed by atoms with van der Waals surface area (Å²) in [4.78, 5) is 4.46. The van der Waals surface area contributed by atoms with Gasteiger partial charge in [-0.15, -0.1) is 0 Å². The third-order valence-electron chi connectivity index (χ3n) is 4.38. The Bertz CT molecular complexity index is 1160. The summed E-state index contributed by atoms with van der Waals surface area (Å²) in [6.07, 6.45) is 2.32. The Morgan fingerprint density at radius 2 is 1.81 bits per heavy atom. The average molecular weight is 371 g/mol. The van der Waals surface area contributed by atoms with Gasteiger partial charge in [0.1, 0.15) is 11.6 Å². The Morgan fingerprint density at radius 3 is 2.63 bits per heavy atom. The van der Waals surface area contributed by atoms with Gasteiger partial charge in [-0.05, 0) is 28.5 Å². The van der Waals surface area contributed by atoms with Gasteiger partial charge in [0.25, 0.3) is 0 Å². The van der Waals surface area contributed by atoms with E-state index < -0.39 is 0 Å². The van der Waals surface area contributed by atoms with Gasteiger partial charge in [0.15, 0.2) is 5.82 Å². The van der Waals surface area contributed by atoms with E-state index >= 15 is 0 Å². The van der Waals surface area contributed by atoms with Crippen molar-refractivity contribution < 1.29 is 0 Å². The molecular weight excluding hydrogens is 356 g/mol. The monoisotopic (exact) mass is 370 g/mol. The van der Waals surface area contributed by atoms with Gasteiger partial charge < -0.3 is 0 Å². The first-order valence-corrected chi connectivity index (χ1v) is 8.86. The van der Waals surface area contributed by atoms with E-state index in [2.05, 4.69) is 39.5 Å². The molecule has 0 atom stereocenters. The Morgan fingerprint density at radius 1 is 1.04 bits per heavy atom. The number of benzene rings is 3. The molecule has 1 heterocycles. The molecule has 0 radical (unpaired) electrons. The lowest BCUT2D eigenvalue weighted by Gasteiger charge is -2.01. The number of halogens is 1. The number of nitriles is 1. The van der Waals surface area contributed by atoms with Crippen LogP contribution in [0.3, 0.4) is 0 Å². The predicted octanol–water partition coefficient (Wildman–Crippen LogP) is 5.43. The van der Waals surface area contributed by atoms with Crippen LogP contribution in [0.2, 0.25) is 5.02 Å². The second-order valence-electron chi connectivity index (χ2n) is 6.14. The SMILES string of the molecule is N#Cc1c(N=Cc2cccc3ccccc23)n[nH]c1Cc1ccc(Cl)cc1. The first-order valence-electron chi connectivity index (χ1n) is 8.48. The van der Waals surface area contributed by atoms with Gasteiger partial charge in [0.05, 0.1) is 5.69 Å². The summed E-state index contributed by atoms with van der Waals surface area (Å²) in [6, 6.07) is 23.9. The van der Waals surface area contributed by atoms with Crippen LogP contribution in [0.1, 0.15) is 22.4 Å². The summed E-state index contributed by atoms with van der Waals surface area (Å²) < 4.78 is 0. The highest BCUT2D eigenvalue weighted by atomic mass is 35.5. The van der Waals surface area contributed by atoms with Crippen LogP contribution in [0.15, 0.2) is 71.7 Å². The van der Waals surface area contributed by atoms with Crippen molar-refractivity contribution in [2.45, 2.75) is 6.42 Å². The fraction of sp³-hybridized carbons (Fsp3) is 0.0455.